The number of likely N-dealkylation sites (tertiary alicyclic amines) is 1. The average Bonchev–Trinajstić information content (AvgIpc) is 2.47. The summed E-state index contributed by atoms with van der Waals surface area (Å²) in [5.74, 6) is -0.284. The summed E-state index contributed by atoms with van der Waals surface area (Å²) < 4.78 is 31.6. The number of hydrogen-bond acceptors (Lipinski definition) is 4. The van der Waals surface area contributed by atoms with Gasteiger partial charge in [-0.25, -0.2) is 8.42 Å². The van der Waals surface area contributed by atoms with E-state index in [0.29, 0.717) is 45.7 Å². The molecule has 1 atom stereocenters. The van der Waals surface area contributed by atoms with Gasteiger partial charge in [0.25, 0.3) is 0 Å². The lowest BCUT2D eigenvalue weighted by molar-refractivity contribution is -0.129. The van der Waals surface area contributed by atoms with Crippen LogP contribution in [0.25, 0.3) is 0 Å². The van der Waals surface area contributed by atoms with Gasteiger partial charge in [0.2, 0.25) is 15.9 Å². The maximum atomic E-state index is 12.5. The molecular weight excluding hydrogens is 292 g/mol. The van der Waals surface area contributed by atoms with E-state index in [4.69, 9.17) is 16.3 Å². The molecule has 2 aliphatic heterocycles. The number of amides is 1. The number of piperidine rings is 1. The van der Waals surface area contributed by atoms with Gasteiger partial charge in [-0.2, -0.15) is 4.31 Å². The van der Waals surface area contributed by atoms with Crippen LogP contribution in [0.4, 0.5) is 0 Å². The van der Waals surface area contributed by atoms with Crippen molar-refractivity contribution < 1.29 is 17.9 Å². The Balaban J connectivity index is 2.05. The first-order chi connectivity index (χ1) is 9.05. The van der Waals surface area contributed by atoms with Crippen LogP contribution in [0.5, 0.6) is 0 Å². The number of carbonyl (C=O) groups excluding carboxylic acids is 1. The summed E-state index contributed by atoms with van der Waals surface area (Å²) in [4.78, 5) is 13.1. The predicted molar refractivity (Wildman–Crippen MR) is 71.6 cm³/mol. The van der Waals surface area contributed by atoms with E-state index in [9.17, 15) is 13.2 Å². The number of hydrogen-bond donors (Lipinski definition) is 0. The SMILES string of the molecule is O=C(CCl)N1CCCC(S(=O)(=O)N2CCOCC2)C1. The first-order valence-corrected chi connectivity index (χ1v) is 8.50. The van der Waals surface area contributed by atoms with Gasteiger partial charge in [-0.05, 0) is 12.8 Å². The normalized spacial score (nSPS) is 26.4. The van der Waals surface area contributed by atoms with Crippen LogP contribution < -0.4 is 0 Å². The minimum absolute atomic E-state index is 0.0929. The number of rotatable bonds is 3. The molecule has 2 aliphatic rings. The van der Waals surface area contributed by atoms with E-state index in [1.54, 1.807) is 4.90 Å². The highest BCUT2D eigenvalue weighted by Crippen LogP contribution is 2.21. The van der Waals surface area contributed by atoms with Crippen molar-refractivity contribution in [1.82, 2.24) is 9.21 Å². The van der Waals surface area contributed by atoms with Gasteiger partial charge in [0, 0.05) is 26.2 Å². The van der Waals surface area contributed by atoms with E-state index in [1.807, 2.05) is 0 Å². The van der Waals surface area contributed by atoms with Gasteiger partial charge in [-0.15, -0.1) is 11.6 Å². The van der Waals surface area contributed by atoms with Gasteiger partial charge < -0.3 is 9.64 Å². The lowest BCUT2D eigenvalue weighted by atomic mass is 10.1. The monoisotopic (exact) mass is 310 g/mol. The van der Waals surface area contributed by atoms with Crippen LogP contribution in [0, 0.1) is 0 Å². The molecular formula is C11H19ClN2O4S. The number of halogens is 1. The largest absolute Gasteiger partial charge is 0.379 e. The van der Waals surface area contributed by atoms with Crippen LogP contribution in [0.2, 0.25) is 0 Å². The fourth-order valence-electron chi connectivity index (χ4n) is 2.50. The van der Waals surface area contributed by atoms with Crippen LogP contribution in [-0.4, -0.2) is 74.1 Å². The van der Waals surface area contributed by atoms with Crippen LogP contribution in [-0.2, 0) is 19.6 Å². The first-order valence-electron chi connectivity index (χ1n) is 6.46. The highest BCUT2D eigenvalue weighted by molar-refractivity contribution is 7.89. The summed E-state index contributed by atoms with van der Waals surface area (Å²) in [5.41, 5.74) is 0. The molecule has 6 nitrogen and oxygen atoms in total. The molecule has 0 aromatic rings. The fourth-order valence-corrected chi connectivity index (χ4v) is 4.59. The first kappa shape index (κ1) is 15.0. The third-order valence-electron chi connectivity index (χ3n) is 3.60. The van der Waals surface area contributed by atoms with Crippen molar-refractivity contribution in [2.75, 3.05) is 45.3 Å². The lowest BCUT2D eigenvalue weighted by Crippen LogP contribution is -2.52. The fraction of sp³-hybridized carbons (Fsp3) is 0.909. The van der Waals surface area contributed by atoms with Gasteiger partial charge >= 0.3 is 0 Å². The van der Waals surface area contributed by atoms with Crippen LogP contribution >= 0.6 is 11.6 Å². The highest BCUT2D eigenvalue weighted by Gasteiger charge is 2.36. The van der Waals surface area contributed by atoms with E-state index in [2.05, 4.69) is 0 Å². The molecule has 8 heteroatoms. The molecule has 2 rings (SSSR count). The third kappa shape index (κ3) is 3.39. The van der Waals surface area contributed by atoms with Crippen molar-refractivity contribution in [3.63, 3.8) is 0 Å². The van der Waals surface area contributed by atoms with Crippen molar-refractivity contribution in [3.8, 4) is 0 Å². The topological polar surface area (TPSA) is 66.9 Å². The van der Waals surface area contributed by atoms with Gasteiger partial charge in [0.05, 0.1) is 18.5 Å². The highest BCUT2D eigenvalue weighted by atomic mass is 35.5. The number of carbonyl (C=O) groups is 1. The second-order valence-corrected chi connectivity index (χ2v) is 7.27. The number of sulfonamides is 1. The second kappa shape index (κ2) is 6.39. The van der Waals surface area contributed by atoms with Crippen molar-refractivity contribution in [2.45, 2.75) is 18.1 Å². The quantitative estimate of drug-likeness (QED) is 0.682. The van der Waals surface area contributed by atoms with Crippen LogP contribution in [0.1, 0.15) is 12.8 Å². The zero-order valence-corrected chi connectivity index (χ0v) is 12.3. The summed E-state index contributed by atoms with van der Waals surface area (Å²) in [7, 11) is -3.34. The average molecular weight is 311 g/mol. The zero-order valence-electron chi connectivity index (χ0n) is 10.8. The van der Waals surface area contributed by atoms with E-state index in [0.717, 1.165) is 0 Å². The van der Waals surface area contributed by atoms with Crippen molar-refractivity contribution in [1.29, 1.82) is 0 Å². The molecule has 0 aromatic carbocycles. The van der Waals surface area contributed by atoms with E-state index >= 15 is 0 Å². The third-order valence-corrected chi connectivity index (χ3v) is 6.14. The Morgan fingerprint density at radius 1 is 1.26 bits per heavy atom. The zero-order chi connectivity index (χ0) is 13.9. The maximum absolute atomic E-state index is 12.5. The second-order valence-electron chi connectivity index (χ2n) is 4.79. The Labute approximate surface area is 118 Å². The van der Waals surface area contributed by atoms with Gasteiger partial charge in [-0.3, -0.25) is 4.79 Å². The molecule has 19 heavy (non-hydrogen) atoms. The van der Waals surface area contributed by atoms with Gasteiger partial charge in [0.15, 0.2) is 0 Å². The summed E-state index contributed by atoms with van der Waals surface area (Å²) in [6.45, 7) is 2.54. The summed E-state index contributed by atoms with van der Waals surface area (Å²) in [5, 5.41) is -0.508. The Hall–Kier alpha value is -0.370. The molecule has 1 unspecified atom stereocenters. The molecule has 0 radical (unpaired) electrons. The summed E-state index contributed by atoms with van der Waals surface area (Å²) in [6.07, 6.45) is 1.31. The van der Waals surface area contributed by atoms with Crippen LogP contribution in [0.15, 0.2) is 0 Å². The lowest BCUT2D eigenvalue weighted by Gasteiger charge is -2.36. The standard InChI is InChI=1S/C11H19ClN2O4S/c12-8-11(15)13-3-1-2-10(9-13)19(16,17)14-4-6-18-7-5-14/h10H,1-9H2. The Morgan fingerprint density at radius 3 is 2.58 bits per heavy atom. The van der Waals surface area contributed by atoms with Crippen molar-refractivity contribution in [2.24, 2.45) is 0 Å². The maximum Gasteiger partial charge on any atom is 0.237 e. The van der Waals surface area contributed by atoms with Gasteiger partial charge in [-0.1, -0.05) is 0 Å². The summed E-state index contributed by atoms with van der Waals surface area (Å²) in [6, 6.07) is 0. The number of nitrogens with zero attached hydrogens (tertiary/aromatic N) is 2. The van der Waals surface area contributed by atoms with E-state index < -0.39 is 15.3 Å². The molecule has 0 saturated carbocycles. The molecule has 0 bridgehead atoms. The molecule has 0 aromatic heterocycles. The minimum Gasteiger partial charge on any atom is -0.379 e. The molecule has 2 saturated heterocycles. The van der Waals surface area contributed by atoms with E-state index in [-0.39, 0.29) is 18.3 Å². The minimum atomic E-state index is -3.34. The molecule has 0 spiro atoms. The number of alkyl halides is 1. The van der Waals surface area contributed by atoms with E-state index in [1.165, 1.54) is 4.31 Å². The smallest absolute Gasteiger partial charge is 0.237 e. The van der Waals surface area contributed by atoms with Crippen molar-refractivity contribution in [3.05, 3.63) is 0 Å². The Morgan fingerprint density at radius 2 is 1.95 bits per heavy atom. The van der Waals surface area contributed by atoms with Crippen molar-refractivity contribution >= 4 is 27.5 Å². The number of morpholine rings is 1. The molecule has 0 N–H and O–H groups in total. The summed E-state index contributed by atoms with van der Waals surface area (Å²) >= 11 is 5.53. The molecule has 2 fully saturated rings. The Kier molecular flexibility index (Phi) is 5.05. The molecule has 2 heterocycles. The Bertz CT molecular complexity index is 422. The van der Waals surface area contributed by atoms with Gasteiger partial charge in [0.1, 0.15) is 5.88 Å². The molecule has 1 amide bonds. The van der Waals surface area contributed by atoms with Crippen LogP contribution in [0.3, 0.4) is 0 Å². The number of ether oxygens (including phenoxy) is 1. The molecule has 110 valence electrons. The molecule has 0 aliphatic carbocycles. The predicted octanol–water partition coefficient (Wildman–Crippen LogP) is -0.122.